The van der Waals surface area contributed by atoms with Gasteiger partial charge in [-0.3, -0.25) is 20.2 Å². The maximum atomic E-state index is 11.5. The van der Waals surface area contributed by atoms with Crippen LogP contribution in [0.3, 0.4) is 0 Å². The number of carbonyl (C=O) groups is 3. The molecular weight excluding hydrogens is 244 g/mol. The topological polar surface area (TPSA) is 75.3 Å². The first kappa shape index (κ1) is 15.1. The molecule has 1 atom stereocenters. The fourth-order valence-corrected chi connectivity index (χ4v) is 1.75. The molecule has 0 spiro atoms. The minimum absolute atomic E-state index is 0.0219. The van der Waals surface area contributed by atoms with E-state index in [-0.39, 0.29) is 5.57 Å². The molecule has 0 aliphatic carbocycles. The van der Waals surface area contributed by atoms with Crippen LogP contribution in [-0.2, 0) is 9.59 Å². The third kappa shape index (κ3) is 5.07. The first-order chi connectivity index (χ1) is 8.90. The molecule has 0 unspecified atom stereocenters. The van der Waals surface area contributed by atoms with Crippen LogP contribution in [0.4, 0.5) is 4.79 Å². The van der Waals surface area contributed by atoms with E-state index in [1.807, 2.05) is 0 Å². The summed E-state index contributed by atoms with van der Waals surface area (Å²) in [6.07, 6.45) is 6.40. The van der Waals surface area contributed by atoms with Gasteiger partial charge in [-0.2, -0.15) is 0 Å². The zero-order valence-corrected chi connectivity index (χ0v) is 11.6. The van der Waals surface area contributed by atoms with Gasteiger partial charge in [-0.1, -0.05) is 24.6 Å². The summed E-state index contributed by atoms with van der Waals surface area (Å²) in [5.74, 6) is -0.864. The van der Waals surface area contributed by atoms with Crippen molar-refractivity contribution in [3.63, 3.8) is 0 Å². The molecule has 19 heavy (non-hydrogen) atoms. The Balaban J connectivity index is 2.51. The van der Waals surface area contributed by atoms with Gasteiger partial charge in [-0.15, -0.1) is 0 Å². The quantitative estimate of drug-likeness (QED) is 0.453. The highest BCUT2D eigenvalue weighted by Gasteiger charge is 2.27. The van der Waals surface area contributed by atoms with Gasteiger partial charge in [0.05, 0.1) is 0 Å². The molecule has 4 amide bonds. The number of nitrogens with one attached hydrogen (secondary N) is 2. The SMILES string of the molecule is CC(C)=CCC[C@@H](C)CC=C1C(=O)NC(=O)NC1=O. The fraction of sp³-hybridized carbons (Fsp3) is 0.500. The van der Waals surface area contributed by atoms with Crippen LogP contribution >= 0.6 is 0 Å². The predicted molar refractivity (Wildman–Crippen MR) is 72.2 cm³/mol. The lowest BCUT2D eigenvalue weighted by Crippen LogP contribution is -2.51. The lowest BCUT2D eigenvalue weighted by molar-refractivity contribution is -0.124. The van der Waals surface area contributed by atoms with Gasteiger partial charge in [0.1, 0.15) is 5.57 Å². The fourth-order valence-electron chi connectivity index (χ4n) is 1.75. The van der Waals surface area contributed by atoms with E-state index in [9.17, 15) is 14.4 Å². The minimum Gasteiger partial charge on any atom is -0.273 e. The van der Waals surface area contributed by atoms with Gasteiger partial charge in [0, 0.05) is 0 Å². The van der Waals surface area contributed by atoms with Crippen molar-refractivity contribution < 1.29 is 14.4 Å². The molecule has 1 aliphatic heterocycles. The number of hydrogen-bond donors (Lipinski definition) is 2. The molecule has 5 heteroatoms. The Morgan fingerprint density at radius 1 is 1.16 bits per heavy atom. The number of rotatable bonds is 5. The predicted octanol–water partition coefficient (Wildman–Crippen LogP) is 2.05. The van der Waals surface area contributed by atoms with Crippen LogP contribution in [0.15, 0.2) is 23.3 Å². The average Bonchev–Trinajstić information content (AvgIpc) is 2.26. The van der Waals surface area contributed by atoms with E-state index < -0.39 is 17.8 Å². The lowest BCUT2D eigenvalue weighted by Gasteiger charge is -2.14. The van der Waals surface area contributed by atoms with Crippen molar-refractivity contribution in [2.45, 2.75) is 40.0 Å². The first-order valence-electron chi connectivity index (χ1n) is 6.40. The Kier molecular flexibility index (Phi) is 5.48. The van der Waals surface area contributed by atoms with Crippen LogP contribution in [-0.4, -0.2) is 17.8 Å². The Labute approximate surface area is 113 Å². The number of hydrogen-bond acceptors (Lipinski definition) is 3. The zero-order valence-electron chi connectivity index (χ0n) is 11.6. The summed E-state index contributed by atoms with van der Waals surface area (Å²) in [6.45, 7) is 6.18. The summed E-state index contributed by atoms with van der Waals surface area (Å²) < 4.78 is 0. The summed E-state index contributed by atoms with van der Waals surface area (Å²) in [4.78, 5) is 33.8. The second-order valence-electron chi connectivity index (χ2n) is 5.05. The van der Waals surface area contributed by atoms with E-state index in [2.05, 4.69) is 37.5 Å². The van der Waals surface area contributed by atoms with E-state index in [1.165, 1.54) is 5.57 Å². The first-order valence-corrected chi connectivity index (χ1v) is 6.40. The van der Waals surface area contributed by atoms with Crippen molar-refractivity contribution in [3.8, 4) is 0 Å². The van der Waals surface area contributed by atoms with Gasteiger partial charge >= 0.3 is 6.03 Å². The summed E-state index contributed by atoms with van der Waals surface area (Å²) in [5, 5.41) is 4.11. The monoisotopic (exact) mass is 264 g/mol. The van der Waals surface area contributed by atoms with Gasteiger partial charge in [-0.25, -0.2) is 4.79 Å². The van der Waals surface area contributed by atoms with Crippen LogP contribution in [0.2, 0.25) is 0 Å². The van der Waals surface area contributed by atoms with Crippen LogP contribution in [0.5, 0.6) is 0 Å². The van der Waals surface area contributed by atoms with Crippen molar-refractivity contribution in [1.29, 1.82) is 0 Å². The highest BCUT2D eigenvalue weighted by atomic mass is 16.2. The van der Waals surface area contributed by atoms with Crippen LogP contribution in [0, 0.1) is 5.92 Å². The van der Waals surface area contributed by atoms with Crippen LogP contribution < -0.4 is 10.6 Å². The van der Waals surface area contributed by atoms with E-state index >= 15 is 0 Å². The highest BCUT2D eigenvalue weighted by Crippen LogP contribution is 2.14. The second-order valence-corrected chi connectivity index (χ2v) is 5.05. The highest BCUT2D eigenvalue weighted by molar-refractivity contribution is 6.28. The minimum atomic E-state index is -0.760. The molecule has 2 N–H and O–H groups in total. The Morgan fingerprint density at radius 3 is 2.26 bits per heavy atom. The van der Waals surface area contributed by atoms with Crippen LogP contribution in [0.1, 0.15) is 40.0 Å². The molecule has 0 aromatic carbocycles. The molecule has 1 rings (SSSR count). The maximum absolute atomic E-state index is 11.5. The zero-order chi connectivity index (χ0) is 14.4. The van der Waals surface area contributed by atoms with Crippen LogP contribution in [0.25, 0.3) is 0 Å². The van der Waals surface area contributed by atoms with Crippen molar-refractivity contribution in [3.05, 3.63) is 23.3 Å². The Hall–Kier alpha value is -1.91. The molecule has 0 aromatic heterocycles. The van der Waals surface area contributed by atoms with E-state index in [1.54, 1.807) is 6.08 Å². The molecule has 0 aromatic rings. The number of barbiturate groups is 1. The smallest absolute Gasteiger partial charge is 0.273 e. The van der Waals surface area contributed by atoms with Crippen molar-refractivity contribution in [2.75, 3.05) is 0 Å². The molecular formula is C14H20N2O3. The number of imide groups is 2. The van der Waals surface area contributed by atoms with E-state index in [0.29, 0.717) is 12.3 Å². The molecule has 1 fully saturated rings. The van der Waals surface area contributed by atoms with Gasteiger partial charge < -0.3 is 0 Å². The van der Waals surface area contributed by atoms with E-state index in [4.69, 9.17) is 0 Å². The van der Waals surface area contributed by atoms with Crippen molar-refractivity contribution in [1.82, 2.24) is 10.6 Å². The van der Waals surface area contributed by atoms with Gasteiger partial charge in [-0.05, 0) is 39.0 Å². The molecule has 0 saturated carbocycles. The average molecular weight is 264 g/mol. The maximum Gasteiger partial charge on any atom is 0.328 e. The molecule has 5 nitrogen and oxygen atoms in total. The normalized spacial score (nSPS) is 16.6. The summed E-state index contributed by atoms with van der Waals surface area (Å²) >= 11 is 0. The standard InChI is InChI=1S/C14H20N2O3/c1-9(2)5-4-6-10(3)7-8-11-12(17)15-14(19)16-13(11)18/h5,8,10H,4,6-7H2,1-3H3,(H2,15,16,17,18,19)/t10-/m1/s1. The molecule has 104 valence electrons. The van der Waals surface area contributed by atoms with Gasteiger partial charge in [0.2, 0.25) is 0 Å². The second kappa shape index (κ2) is 6.87. The number of allylic oxidation sites excluding steroid dienone is 3. The summed E-state index contributed by atoms with van der Waals surface area (Å²) in [5.41, 5.74) is 1.31. The number of carbonyl (C=O) groups excluding carboxylic acids is 3. The lowest BCUT2D eigenvalue weighted by atomic mass is 9.99. The largest absolute Gasteiger partial charge is 0.328 e. The van der Waals surface area contributed by atoms with E-state index in [0.717, 1.165) is 12.8 Å². The van der Waals surface area contributed by atoms with Gasteiger partial charge in [0.15, 0.2) is 0 Å². The molecule has 0 radical (unpaired) electrons. The Morgan fingerprint density at radius 2 is 1.74 bits per heavy atom. The summed E-state index contributed by atoms with van der Waals surface area (Å²) in [7, 11) is 0. The third-order valence-electron chi connectivity index (χ3n) is 2.88. The molecule has 1 aliphatic rings. The van der Waals surface area contributed by atoms with Gasteiger partial charge in [0.25, 0.3) is 11.8 Å². The number of amides is 4. The third-order valence-corrected chi connectivity index (χ3v) is 2.88. The molecule has 1 heterocycles. The summed E-state index contributed by atoms with van der Waals surface area (Å²) in [6, 6.07) is -0.760. The van der Waals surface area contributed by atoms with Crippen molar-refractivity contribution >= 4 is 17.8 Å². The number of urea groups is 1. The molecule has 1 saturated heterocycles. The Bertz CT molecular complexity index is 424. The van der Waals surface area contributed by atoms with Crippen molar-refractivity contribution in [2.24, 2.45) is 5.92 Å². The molecule has 0 bridgehead atoms.